The minimum atomic E-state index is -0.408. The van der Waals surface area contributed by atoms with Crippen molar-refractivity contribution in [2.24, 2.45) is 0 Å². The molecular formula is C12H25N3O. The molecule has 0 bridgehead atoms. The number of nitrogens with one attached hydrogen (secondary N) is 1. The van der Waals surface area contributed by atoms with Gasteiger partial charge in [-0.25, -0.2) is 0 Å². The van der Waals surface area contributed by atoms with Gasteiger partial charge in [-0.3, -0.25) is 5.32 Å². The van der Waals surface area contributed by atoms with Gasteiger partial charge in [0.25, 0.3) is 0 Å². The third-order valence-corrected chi connectivity index (χ3v) is 2.63. The van der Waals surface area contributed by atoms with Crippen LogP contribution in [0.4, 0.5) is 0 Å². The summed E-state index contributed by atoms with van der Waals surface area (Å²) in [6.45, 7) is 10.1. The average Bonchev–Trinajstić information content (AvgIpc) is 2.27. The summed E-state index contributed by atoms with van der Waals surface area (Å²) in [7, 11) is 2.06. The number of rotatable bonds is 9. The molecule has 94 valence electrons. The van der Waals surface area contributed by atoms with E-state index in [1.807, 2.05) is 20.8 Å². The van der Waals surface area contributed by atoms with Crippen LogP contribution in [0.1, 0.15) is 27.2 Å². The maximum atomic E-state index is 9.09. The molecule has 0 heterocycles. The Labute approximate surface area is 99.6 Å². The van der Waals surface area contributed by atoms with Crippen molar-refractivity contribution in [3.05, 3.63) is 0 Å². The van der Waals surface area contributed by atoms with E-state index in [-0.39, 0.29) is 0 Å². The normalized spacial score (nSPS) is 14.8. The lowest BCUT2D eigenvalue weighted by atomic mass is 10.00. The molecule has 0 spiro atoms. The second-order valence-corrected chi connectivity index (χ2v) is 4.22. The molecule has 4 nitrogen and oxygen atoms in total. The minimum absolute atomic E-state index is 0.408. The summed E-state index contributed by atoms with van der Waals surface area (Å²) in [5.41, 5.74) is -0.408. The molecule has 1 atom stereocenters. The van der Waals surface area contributed by atoms with Gasteiger partial charge in [-0.2, -0.15) is 5.26 Å². The van der Waals surface area contributed by atoms with Crippen LogP contribution in [0.2, 0.25) is 0 Å². The number of nitriles is 1. The Morgan fingerprint density at radius 2 is 2.06 bits per heavy atom. The van der Waals surface area contributed by atoms with Crippen LogP contribution in [0.3, 0.4) is 0 Å². The van der Waals surface area contributed by atoms with Crippen molar-refractivity contribution in [1.29, 1.82) is 5.26 Å². The molecule has 1 N–H and O–H groups in total. The molecule has 0 aromatic rings. The summed E-state index contributed by atoms with van der Waals surface area (Å²) in [6.07, 6.45) is 0.833. The number of hydrogen-bond acceptors (Lipinski definition) is 4. The van der Waals surface area contributed by atoms with Gasteiger partial charge in [-0.1, -0.05) is 6.92 Å². The molecule has 0 aliphatic carbocycles. The van der Waals surface area contributed by atoms with Gasteiger partial charge in [-0.05, 0) is 33.9 Å². The topological polar surface area (TPSA) is 48.3 Å². The highest BCUT2D eigenvalue weighted by atomic mass is 16.5. The van der Waals surface area contributed by atoms with Crippen LogP contribution >= 0.6 is 0 Å². The van der Waals surface area contributed by atoms with Gasteiger partial charge in [0.05, 0.1) is 12.7 Å². The van der Waals surface area contributed by atoms with E-state index in [0.29, 0.717) is 0 Å². The van der Waals surface area contributed by atoms with E-state index in [2.05, 4.69) is 23.3 Å². The Morgan fingerprint density at radius 3 is 2.56 bits per heavy atom. The van der Waals surface area contributed by atoms with Crippen LogP contribution in [-0.2, 0) is 4.74 Å². The van der Waals surface area contributed by atoms with Crippen molar-refractivity contribution >= 4 is 0 Å². The fraction of sp³-hybridized carbons (Fsp3) is 0.917. The van der Waals surface area contributed by atoms with Crippen molar-refractivity contribution in [2.45, 2.75) is 32.7 Å². The first-order valence-electron chi connectivity index (χ1n) is 6.00. The van der Waals surface area contributed by atoms with E-state index in [4.69, 9.17) is 10.00 Å². The first kappa shape index (κ1) is 15.4. The van der Waals surface area contributed by atoms with Crippen LogP contribution in [0.5, 0.6) is 0 Å². The highest BCUT2D eigenvalue weighted by molar-refractivity contribution is 5.03. The Balaban J connectivity index is 3.80. The molecule has 1 unspecified atom stereocenters. The molecule has 0 amide bonds. The molecule has 0 aliphatic rings. The van der Waals surface area contributed by atoms with Crippen LogP contribution < -0.4 is 5.32 Å². The fourth-order valence-corrected chi connectivity index (χ4v) is 1.46. The van der Waals surface area contributed by atoms with Crippen molar-refractivity contribution in [3.8, 4) is 6.07 Å². The van der Waals surface area contributed by atoms with Crippen molar-refractivity contribution in [1.82, 2.24) is 10.2 Å². The Hall–Kier alpha value is -0.630. The number of nitrogens with zero attached hydrogens (tertiary/aromatic N) is 2. The van der Waals surface area contributed by atoms with E-state index in [9.17, 15) is 0 Å². The first-order chi connectivity index (χ1) is 7.58. The Kier molecular flexibility index (Phi) is 8.18. The zero-order chi connectivity index (χ0) is 12.4. The van der Waals surface area contributed by atoms with Crippen molar-refractivity contribution in [3.63, 3.8) is 0 Å². The van der Waals surface area contributed by atoms with Crippen LogP contribution in [0.15, 0.2) is 0 Å². The molecule has 16 heavy (non-hydrogen) atoms. The maximum Gasteiger partial charge on any atom is 0.105 e. The molecule has 4 heteroatoms. The molecule has 0 saturated carbocycles. The third-order valence-electron chi connectivity index (χ3n) is 2.63. The van der Waals surface area contributed by atoms with Gasteiger partial charge >= 0.3 is 0 Å². The largest absolute Gasteiger partial charge is 0.380 e. The van der Waals surface area contributed by atoms with Crippen molar-refractivity contribution < 1.29 is 4.74 Å². The average molecular weight is 227 g/mol. The lowest BCUT2D eigenvalue weighted by Crippen LogP contribution is -2.43. The highest BCUT2D eigenvalue weighted by Gasteiger charge is 2.22. The quantitative estimate of drug-likeness (QED) is 0.602. The monoisotopic (exact) mass is 227 g/mol. The molecule has 0 aromatic carbocycles. The molecule has 0 radical (unpaired) electrons. The van der Waals surface area contributed by atoms with E-state index in [0.717, 1.165) is 39.3 Å². The molecule has 0 fully saturated rings. The molecule has 0 saturated heterocycles. The SMILES string of the molecule is CCNC(C)(C#N)CCN(C)CCOCC. The highest BCUT2D eigenvalue weighted by Crippen LogP contribution is 2.08. The Bertz CT molecular complexity index is 215. The predicted octanol–water partition coefficient (Wildman–Crippen LogP) is 1.24. The van der Waals surface area contributed by atoms with Gasteiger partial charge in [0.1, 0.15) is 5.54 Å². The van der Waals surface area contributed by atoms with E-state index in [1.54, 1.807) is 0 Å². The smallest absolute Gasteiger partial charge is 0.105 e. The fourth-order valence-electron chi connectivity index (χ4n) is 1.46. The van der Waals surface area contributed by atoms with E-state index in [1.165, 1.54) is 0 Å². The Morgan fingerprint density at radius 1 is 1.38 bits per heavy atom. The summed E-state index contributed by atoms with van der Waals surface area (Å²) < 4.78 is 5.29. The van der Waals surface area contributed by atoms with Gasteiger partial charge in [0, 0.05) is 19.7 Å². The maximum absolute atomic E-state index is 9.09. The van der Waals surface area contributed by atoms with Gasteiger partial charge in [0.2, 0.25) is 0 Å². The second kappa shape index (κ2) is 8.51. The van der Waals surface area contributed by atoms with E-state index >= 15 is 0 Å². The first-order valence-corrected chi connectivity index (χ1v) is 6.00. The van der Waals surface area contributed by atoms with Crippen LogP contribution in [0.25, 0.3) is 0 Å². The predicted molar refractivity (Wildman–Crippen MR) is 66.3 cm³/mol. The van der Waals surface area contributed by atoms with Crippen LogP contribution in [0, 0.1) is 11.3 Å². The summed E-state index contributed by atoms with van der Waals surface area (Å²) in [4.78, 5) is 2.20. The zero-order valence-corrected chi connectivity index (χ0v) is 11.0. The van der Waals surface area contributed by atoms with Gasteiger partial charge in [0.15, 0.2) is 0 Å². The zero-order valence-electron chi connectivity index (χ0n) is 11.0. The van der Waals surface area contributed by atoms with Gasteiger partial charge in [-0.15, -0.1) is 0 Å². The molecule has 0 aromatic heterocycles. The molecule has 0 rings (SSSR count). The minimum Gasteiger partial charge on any atom is -0.380 e. The lowest BCUT2D eigenvalue weighted by Gasteiger charge is -2.25. The van der Waals surface area contributed by atoms with Crippen LogP contribution in [-0.4, -0.2) is 50.3 Å². The summed E-state index contributed by atoms with van der Waals surface area (Å²) in [5.74, 6) is 0. The summed E-state index contributed by atoms with van der Waals surface area (Å²) in [5, 5.41) is 12.3. The standard InChI is InChI=1S/C12H25N3O/c1-5-14-12(3,11-13)7-8-15(4)9-10-16-6-2/h14H,5-10H2,1-4H3. The second-order valence-electron chi connectivity index (χ2n) is 4.22. The summed E-state index contributed by atoms with van der Waals surface area (Å²) in [6, 6.07) is 2.33. The number of ether oxygens (including phenoxy) is 1. The lowest BCUT2D eigenvalue weighted by molar-refractivity contribution is 0.120. The number of likely N-dealkylation sites (N-methyl/N-ethyl adjacent to an activating group) is 1. The third kappa shape index (κ3) is 6.78. The molecule has 0 aliphatic heterocycles. The van der Waals surface area contributed by atoms with Gasteiger partial charge < -0.3 is 9.64 Å². The number of hydrogen-bond donors (Lipinski definition) is 1. The van der Waals surface area contributed by atoms with Crippen molar-refractivity contribution in [2.75, 3.05) is 39.9 Å². The molecular weight excluding hydrogens is 202 g/mol. The van der Waals surface area contributed by atoms with E-state index < -0.39 is 5.54 Å². The summed E-state index contributed by atoms with van der Waals surface area (Å²) >= 11 is 0.